The zero-order valence-electron chi connectivity index (χ0n) is 20.9. The Morgan fingerprint density at radius 3 is 2.63 bits per heavy atom. The molecule has 1 aromatic carbocycles. The second-order valence-corrected chi connectivity index (χ2v) is 9.72. The summed E-state index contributed by atoms with van der Waals surface area (Å²) < 4.78 is 18.9. The second-order valence-electron chi connectivity index (χ2n) is 8.91. The Hall–Kier alpha value is -3.46. The quantitative estimate of drug-likeness (QED) is 0.229. The lowest BCUT2D eigenvalue weighted by Crippen LogP contribution is -2.19. The Morgan fingerprint density at radius 1 is 1.13 bits per heavy atom. The standard InChI is InChI=1S/C28H26Cl2N4O4/c1-17(27-21(29)15-31-16-22(27)30)38-19-8-11-25-20(13-19)23(33-34(25)26-5-3-4-12-37-26)9-6-18-7-10-24(32-14-18)28(35)36-2/h6-11,13-17,26H,3-5,12H2,1-2H3/b9-6+/t17-,26?/m1/s1. The molecule has 0 N–H and O–H groups in total. The molecule has 2 atom stereocenters. The largest absolute Gasteiger partial charge is 0.486 e. The van der Waals surface area contributed by atoms with Crippen molar-refractivity contribution in [2.24, 2.45) is 0 Å². The van der Waals surface area contributed by atoms with Crippen LogP contribution >= 0.6 is 23.2 Å². The van der Waals surface area contributed by atoms with Crippen LogP contribution in [0.4, 0.5) is 0 Å². The van der Waals surface area contributed by atoms with Crippen LogP contribution in [0.25, 0.3) is 23.1 Å². The van der Waals surface area contributed by atoms with E-state index in [2.05, 4.69) is 9.97 Å². The zero-order chi connectivity index (χ0) is 26.6. The molecule has 38 heavy (non-hydrogen) atoms. The van der Waals surface area contributed by atoms with Crippen molar-refractivity contribution < 1.29 is 19.0 Å². The Labute approximate surface area is 230 Å². The fraction of sp³-hybridized carbons (Fsp3) is 0.286. The van der Waals surface area contributed by atoms with E-state index in [0.717, 1.165) is 41.4 Å². The van der Waals surface area contributed by atoms with Crippen molar-refractivity contribution >= 4 is 52.2 Å². The number of methoxy groups -OCH3 is 1. The maximum atomic E-state index is 11.7. The van der Waals surface area contributed by atoms with Gasteiger partial charge in [-0.05, 0) is 62.1 Å². The predicted molar refractivity (Wildman–Crippen MR) is 146 cm³/mol. The van der Waals surface area contributed by atoms with Gasteiger partial charge in [0.2, 0.25) is 0 Å². The highest BCUT2D eigenvalue weighted by molar-refractivity contribution is 6.35. The molecule has 3 aromatic heterocycles. The van der Waals surface area contributed by atoms with Crippen LogP contribution in [0.5, 0.6) is 5.75 Å². The maximum absolute atomic E-state index is 11.7. The first-order chi connectivity index (χ1) is 18.4. The van der Waals surface area contributed by atoms with Crippen molar-refractivity contribution in [1.29, 1.82) is 0 Å². The van der Waals surface area contributed by atoms with Crippen LogP contribution in [0.1, 0.15) is 65.8 Å². The second kappa shape index (κ2) is 11.5. The Morgan fingerprint density at radius 2 is 1.95 bits per heavy atom. The van der Waals surface area contributed by atoms with Gasteiger partial charge in [0, 0.05) is 36.1 Å². The average Bonchev–Trinajstić information content (AvgIpc) is 3.30. The number of ether oxygens (including phenoxy) is 3. The normalized spacial score (nSPS) is 16.6. The number of carbonyl (C=O) groups is 1. The van der Waals surface area contributed by atoms with Gasteiger partial charge in [-0.2, -0.15) is 5.10 Å². The minimum Gasteiger partial charge on any atom is -0.486 e. The number of nitrogens with zero attached hydrogens (tertiary/aromatic N) is 4. The van der Waals surface area contributed by atoms with E-state index in [9.17, 15) is 4.79 Å². The molecule has 1 fully saturated rings. The van der Waals surface area contributed by atoms with E-state index in [1.54, 1.807) is 30.7 Å². The number of halogens is 2. The summed E-state index contributed by atoms with van der Waals surface area (Å²) in [5, 5.41) is 6.70. The highest BCUT2D eigenvalue weighted by Crippen LogP contribution is 2.35. The molecule has 0 radical (unpaired) electrons. The van der Waals surface area contributed by atoms with Crippen LogP contribution in [0.15, 0.2) is 48.9 Å². The molecule has 4 heterocycles. The van der Waals surface area contributed by atoms with Crippen molar-refractivity contribution in [1.82, 2.24) is 19.7 Å². The lowest BCUT2D eigenvalue weighted by atomic mass is 10.1. The van der Waals surface area contributed by atoms with Crippen molar-refractivity contribution in [2.75, 3.05) is 13.7 Å². The summed E-state index contributed by atoms with van der Waals surface area (Å²) in [4.78, 5) is 19.9. The van der Waals surface area contributed by atoms with Crippen LogP contribution in [-0.2, 0) is 9.47 Å². The van der Waals surface area contributed by atoms with E-state index in [-0.39, 0.29) is 11.9 Å². The van der Waals surface area contributed by atoms with Crippen LogP contribution in [-0.4, -0.2) is 39.4 Å². The summed E-state index contributed by atoms with van der Waals surface area (Å²) >= 11 is 12.7. The van der Waals surface area contributed by atoms with E-state index < -0.39 is 12.1 Å². The third-order valence-electron chi connectivity index (χ3n) is 6.36. The average molecular weight is 553 g/mol. The lowest BCUT2D eigenvalue weighted by Gasteiger charge is -2.23. The SMILES string of the molecule is COC(=O)c1ccc(/C=C/c2nn(C3CCCCO3)c3ccc(O[C@H](C)c4c(Cl)cncc4Cl)cc23)cn1. The fourth-order valence-electron chi connectivity index (χ4n) is 4.45. The van der Waals surface area contributed by atoms with Crippen LogP contribution < -0.4 is 4.74 Å². The molecular weight excluding hydrogens is 527 g/mol. The van der Waals surface area contributed by atoms with Crippen LogP contribution in [0.2, 0.25) is 10.0 Å². The van der Waals surface area contributed by atoms with E-state index in [1.165, 1.54) is 7.11 Å². The molecule has 1 unspecified atom stereocenters. The maximum Gasteiger partial charge on any atom is 0.356 e. The third-order valence-corrected chi connectivity index (χ3v) is 6.96. The molecule has 196 valence electrons. The first-order valence-electron chi connectivity index (χ1n) is 12.3. The molecule has 0 saturated carbocycles. The molecule has 10 heteroatoms. The fourth-order valence-corrected chi connectivity index (χ4v) is 5.13. The van der Waals surface area contributed by atoms with Crippen molar-refractivity contribution in [3.05, 3.63) is 81.5 Å². The number of benzene rings is 1. The first-order valence-corrected chi connectivity index (χ1v) is 13.0. The summed E-state index contributed by atoms with van der Waals surface area (Å²) in [5.41, 5.74) is 3.44. The van der Waals surface area contributed by atoms with Gasteiger partial charge in [0.25, 0.3) is 0 Å². The molecule has 1 saturated heterocycles. The molecule has 0 aliphatic carbocycles. The van der Waals surface area contributed by atoms with Crippen molar-refractivity contribution in [2.45, 2.75) is 38.5 Å². The van der Waals surface area contributed by atoms with Gasteiger partial charge in [-0.25, -0.2) is 14.5 Å². The summed E-state index contributed by atoms with van der Waals surface area (Å²) in [6.45, 7) is 2.60. The molecule has 5 rings (SSSR count). The van der Waals surface area contributed by atoms with Crippen molar-refractivity contribution in [3.63, 3.8) is 0 Å². The Balaban J connectivity index is 1.49. The van der Waals surface area contributed by atoms with Crippen LogP contribution in [0.3, 0.4) is 0 Å². The molecule has 1 aliphatic rings. The number of hydrogen-bond donors (Lipinski definition) is 0. The van der Waals surface area contributed by atoms with Gasteiger partial charge in [0.15, 0.2) is 6.23 Å². The minimum absolute atomic E-state index is 0.130. The first kappa shape index (κ1) is 26.2. The summed E-state index contributed by atoms with van der Waals surface area (Å²) in [6.07, 6.45) is 11.0. The number of fused-ring (bicyclic) bond motifs is 1. The van der Waals surface area contributed by atoms with E-state index in [0.29, 0.717) is 28.0 Å². The number of pyridine rings is 2. The summed E-state index contributed by atoms with van der Waals surface area (Å²) in [7, 11) is 1.33. The number of carbonyl (C=O) groups excluding carboxylic acids is 1. The molecule has 1 aliphatic heterocycles. The smallest absolute Gasteiger partial charge is 0.356 e. The third kappa shape index (κ3) is 5.53. The van der Waals surface area contributed by atoms with Gasteiger partial charge in [0.05, 0.1) is 28.4 Å². The number of esters is 1. The number of hydrogen-bond acceptors (Lipinski definition) is 7. The van der Waals surface area contributed by atoms with Gasteiger partial charge < -0.3 is 14.2 Å². The summed E-state index contributed by atoms with van der Waals surface area (Å²) in [6, 6.07) is 9.28. The number of rotatable bonds is 7. The molecule has 8 nitrogen and oxygen atoms in total. The molecular formula is C28H26Cl2N4O4. The van der Waals surface area contributed by atoms with E-state index >= 15 is 0 Å². The minimum atomic E-state index is -0.478. The lowest BCUT2D eigenvalue weighted by molar-refractivity contribution is -0.0367. The van der Waals surface area contributed by atoms with Crippen molar-refractivity contribution in [3.8, 4) is 5.75 Å². The van der Waals surface area contributed by atoms with Gasteiger partial charge in [-0.3, -0.25) is 4.98 Å². The van der Waals surface area contributed by atoms with Gasteiger partial charge in [0.1, 0.15) is 17.5 Å². The molecule has 0 spiro atoms. The van der Waals surface area contributed by atoms with Gasteiger partial charge in [-0.15, -0.1) is 0 Å². The van der Waals surface area contributed by atoms with Gasteiger partial charge >= 0.3 is 5.97 Å². The molecule has 0 amide bonds. The Kier molecular flexibility index (Phi) is 7.93. The van der Waals surface area contributed by atoms with E-state index in [1.807, 2.05) is 42.0 Å². The molecule has 4 aromatic rings. The van der Waals surface area contributed by atoms with Gasteiger partial charge in [-0.1, -0.05) is 35.3 Å². The van der Waals surface area contributed by atoms with E-state index in [4.69, 9.17) is 42.5 Å². The number of aromatic nitrogens is 4. The highest BCUT2D eigenvalue weighted by atomic mass is 35.5. The molecule has 0 bridgehead atoms. The Bertz CT molecular complexity index is 1460. The highest BCUT2D eigenvalue weighted by Gasteiger charge is 2.22. The predicted octanol–water partition coefficient (Wildman–Crippen LogP) is 6.93. The van der Waals surface area contributed by atoms with Crippen LogP contribution in [0, 0.1) is 0 Å². The zero-order valence-corrected chi connectivity index (χ0v) is 22.4. The topological polar surface area (TPSA) is 88.4 Å². The monoisotopic (exact) mass is 552 g/mol. The summed E-state index contributed by atoms with van der Waals surface area (Å²) in [5.74, 6) is 0.172.